The smallest absolute Gasteiger partial charge is 0.337 e. The number of hydrogen-bond acceptors (Lipinski definition) is 4. The van der Waals surface area contributed by atoms with E-state index in [4.69, 9.17) is 15.6 Å². The highest BCUT2D eigenvalue weighted by Gasteiger charge is 2.20. The summed E-state index contributed by atoms with van der Waals surface area (Å²) in [4.78, 5) is 11.8. The van der Waals surface area contributed by atoms with Gasteiger partial charge in [0.25, 0.3) is 0 Å². The van der Waals surface area contributed by atoms with Crippen molar-refractivity contribution in [2.45, 2.75) is 10.1 Å². The van der Waals surface area contributed by atoms with Crippen LogP contribution in [-0.4, -0.2) is 29.5 Å². The maximum absolute atomic E-state index is 10.8. The lowest BCUT2D eigenvalue weighted by molar-refractivity contribution is 0.0455. The third-order valence-corrected chi connectivity index (χ3v) is 3.30. The Balaban J connectivity index is 2.17. The Hall–Kier alpha value is -1.20. The molecule has 3 N–H and O–H groups in total. The van der Waals surface area contributed by atoms with Crippen molar-refractivity contribution in [2.24, 2.45) is 0 Å². The number of nitrogen functional groups attached to an aromatic ring is 1. The normalized spacial score (nSPS) is 16.0. The molecule has 15 heavy (non-hydrogen) atoms. The molecule has 0 aromatic heterocycles. The standard InChI is InChI=1S/C10H11NO3S/c11-9-2-1-6(3-8(9)10(12)13)15-7-4-14-5-7/h1-3,7H,4-5,11H2,(H,12,13). The first-order valence-electron chi connectivity index (χ1n) is 4.54. The Morgan fingerprint density at radius 3 is 2.80 bits per heavy atom. The van der Waals surface area contributed by atoms with Crippen LogP contribution < -0.4 is 5.73 Å². The lowest BCUT2D eigenvalue weighted by Crippen LogP contribution is -2.30. The number of anilines is 1. The quantitative estimate of drug-likeness (QED) is 0.762. The third kappa shape index (κ3) is 2.24. The zero-order valence-corrected chi connectivity index (χ0v) is 8.79. The maximum atomic E-state index is 10.8. The molecule has 80 valence electrons. The zero-order chi connectivity index (χ0) is 10.8. The number of carbonyl (C=O) groups is 1. The van der Waals surface area contributed by atoms with Crippen molar-refractivity contribution in [1.29, 1.82) is 0 Å². The van der Waals surface area contributed by atoms with Crippen LogP contribution in [0.5, 0.6) is 0 Å². The lowest BCUT2D eigenvalue weighted by atomic mass is 10.2. The summed E-state index contributed by atoms with van der Waals surface area (Å²) >= 11 is 1.63. The van der Waals surface area contributed by atoms with Gasteiger partial charge in [0.2, 0.25) is 0 Å². The summed E-state index contributed by atoms with van der Waals surface area (Å²) in [6.07, 6.45) is 0. The van der Waals surface area contributed by atoms with E-state index in [2.05, 4.69) is 0 Å². The van der Waals surface area contributed by atoms with Crippen LogP contribution in [0.1, 0.15) is 10.4 Å². The number of carboxylic acids is 1. The van der Waals surface area contributed by atoms with E-state index in [0.717, 1.165) is 18.1 Å². The first kappa shape index (κ1) is 10.3. The van der Waals surface area contributed by atoms with Gasteiger partial charge in [0.05, 0.1) is 24.0 Å². The SMILES string of the molecule is Nc1ccc(SC2COC2)cc1C(=O)O. The van der Waals surface area contributed by atoms with Gasteiger partial charge in [-0.25, -0.2) is 4.79 Å². The first-order chi connectivity index (χ1) is 7.16. The highest BCUT2D eigenvalue weighted by molar-refractivity contribution is 8.00. The van der Waals surface area contributed by atoms with Gasteiger partial charge in [-0.3, -0.25) is 0 Å². The fourth-order valence-corrected chi connectivity index (χ4v) is 2.31. The number of aromatic carboxylic acids is 1. The monoisotopic (exact) mass is 225 g/mol. The van der Waals surface area contributed by atoms with Crippen molar-refractivity contribution in [3.63, 3.8) is 0 Å². The van der Waals surface area contributed by atoms with E-state index in [-0.39, 0.29) is 5.56 Å². The number of hydrogen-bond donors (Lipinski definition) is 2. The summed E-state index contributed by atoms with van der Waals surface area (Å²) in [5.74, 6) is -0.986. The minimum atomic E-state index is -0.986. The summed E-state index contributed by atoms with van der Waals surface area (Å²) in [6.45, 7) is 1.47. The van der Waals surface area contributed by atoms with Gasteiger partial charge in [-0.05, 0) is 18.2 Å². The summed E-state index contributed by atoms with van der Waals surface area (Å²) in [7, 11) is 0. The van der Waals surface area contributed by atoms with Crippen LogP contribution in [0.25, 0.3) is 0 Å². The molecule has 0 atom stereocenters. The predicted molar refractivity (Wildman–Crippen MR) is 58.3 cm³/mol. The molecule has 0 aliphatic carbocycles. The first-order valence-corrected chi connectivity index (χ1v) is 5.42. The molecule has 0 radical (unpaired) electrons. The van der Waals surface area contributed by atoms with E-state index in [9.17, 15) is 4.79 Å². The van der Waals surface area contributed by atoms with E-state index in [1.165, 1.54) is 0 Å². The van der Waals surface area contributed by atoms with Crippen molar-refractivity contribution in [3.8, 4) is 0 Å². The van der Waals surface area contributed by atoms with Crippen molar-refractivity contribution in [1.82, 2.24) is 0 Å². The van der Waals surface area contributed by atoms with Crippen LogP contribution in [0.3, 0.4) is 0 Å². The minimum absolute atomic E-state index is 0.167. The third-order valence-electron chi connectivity index (χ3n) is 2.17. The maximum Gasteiger partial charge on any atom is 0.337 e. The van der Waals surface area contributed by atoms with Crippen molar-refractivity contribution in [2.75, 3.05) is 18.9 Å². The summed E-state index contributed by atoms with van der Waals surface area (Å²) < 4.78 is 5.05. The fraction of sp³-hybridized carbons (Fsp3) is 0.300. The average molecular weight is 225 g/mol. The van der Waals surface area contributed by atoms with Gasteiger partial charge in [-0.15, -0.1) is 11.8 Å². The fourth-order valence-electron chi connectivity index (χ4n) is 1.27. The Morgan fingerprint density at radius 1 is 1.53 bits per heavy atom. The molecule has 1 aromatic rings. The minimum Gasteiger partial charge on any atom is -0.478 e. The van der Waals surface area contributed by atoms with Gasteiger partial charge in [0, 0.05) is 10.6 Å². The number of thioether (sulfide) groups is 1. The van der Waals surface area contributed by atoms with E-state index in [1.54, 1.807) is 23.9 Å². The molecule has 5 heteroatoms. The number of benzene rings is 1. The second-order valence-corrected chi connectivity index (χ2v) is 4.71. The molecular weight excluding hydrogens is 214 g/mol. The molecule has 0 saturated carbocycles. The van der Waals surface area contributed by atoms with Gasteiger partial charge in [-0.2, -0.15) is 0 Å². The average Bonchev–Trinajstić information content (AvgIpc) is 2.13. The molecule has 0 amide bonds. The zero-order valence-electron chi connectivity index (χ0n) is 7.97. The van der Waals surface area contributed by atoms with Gasteiger partial charge in [0.15, 0.2) is 0 Å². The summed E-state index contributed by atoms with van der Waals surface area (Å²) in [6, 6.07) is 5.08. The van der Waals surface area contributed by atoms with E-state index >= 15 is 0 Å². The van der Waals surface area contributed by atoms with Crippen LogP contribution in [0, 0.1) is 0 Å². The molecule has 0 bridgehead atoms. The van der Waals surface area contributed by atoms with Gasteiger partial charge < -0.3 is 15.6 Å². The Kier molecular flexibility index (Phi) is 2.83. The van der Waals surface area contributed by atoms with Gasteiger partial charge >= 0.3 is 5.97 Å². The van der Waals surface area contributed by atoms with Crippen molar-refractivity contribution < 1.29 is 14.6 Å². The van der Waals surface area contributed by atoms with Crippen LogP contribution >= 0.6 is 11.8 Å². The summed E-state index contributed by atoms with van der Waals surface area (Å²) in [5, 5.41) is 9.32. The van der Waals surface area contributed by atoms with Gasteiger partial charge in [0.1, 0.15) is 0 Å². The number of nitrogens with two attached hydrogens (primary N) is 1. The Bertz CT molecular complexity index is 390. The molecule has 1 aromatic carbocycles. The lowest BCUT2D eigenvalue weighted by Gasteiger charge is -2.25. The second kappa shape index (κ2) is 4.12. The van der Waals surface area contributed by atoms with E-state index in [0.29, 0.717) is 10.9 Å². The van der Waals surface area contributed by atoms with Crippen LogP contribution in [-0.2, 0) is 4.74 Å². The molecule has 1 aliphatic rings. The molecule has 1 aliphatic heterocycles. The molecule has 2 rings (SSSR count). The molecule has 1 saturated heterocycles. The van der Waals surface area contributed by atoms with Crippen molar-refractivity contribution >= 4 is 23.4 Å². The molecule has 1 fully saturated rings. The van der Waals surface area contributed by atoms with E-state index in [1.807, 2.05) is 6.07 Å². The van der Waals surface area contributed by atoms with Crippen LogP contribution in [0.15, 0.2) is 23.1 Å². The molecule has 4 nitrogen and oxygen atoms in total. The highest BCUT2D eigenvalue weighted by Crippen LogP contribution is 2.29. The summed E-state index contributed by atoms with van der Waals surface area (Å²) in [5.41, 5.74) is 6.02. The Morgan fingerprint density at radius 2 is 2.27 bits per heavy atom. The van der Waals surface area contributed by atoms with Crippen LogP contribution in [0.4, 0.5) is 5.69 Å². The Labute approximate surface area is 91.4 Å². The molecule has 1 heterocycles. The molecule has 0 spiro atoms. The molecular formula is C10H11NO3S. The number of rotatable bonds is 3. The largest absolute Gasteiger partial charge is 0.478 e. The number of carboxylic acid groups (broad SMARTS) is 1. The van der Waals surface area contributed by atoms with E-state index < -0.39 is 5.97 Å². The topological polar surface area (TPSA) is 72.5 Å². The predicted octanol–water partition coefficient (Wildman–Crippen LogP) is 1.46. The molecule has 0 unspecified atom stereocenters. The van der Waals surface area contributed by atoms with Crippen molar-refractivity contribution in [3.05, 3.63) is 23.8 Å². The highest BCUT2D eigenvalue weighted by atomic mass is 32.2. The van der Waals surface area contributed by atoms with Crippen LogP contribution in [0.2, 0.25) is 0 Å². The second-order valence-electron chi connectivity index (χ2n) is 3.33. The number of ether oxygens (including phenoxy) is 1. The van der Waals surface area contributed by atoms with Gasteiger partial charge in [-0.1, -0.05) is 0 Å².